The first-order valence-corrected chi connectivity index (χ1v) is 5.59. The molecule has 1 N–H and O–H groups in total. The van der Waals surface area contributed by atoms with E-state index < -0.39 is 6.10 Å². The van der Waals surface area contributed by atoms with Gasteiger partial charge in [-0.1, -0.05) is 48.0 Å². The molecule has 2 aromatic carbocycles. The molecule has 0 aromatic heterocycles. The van der Waals surface area contributed by atoms with E-state index in [1.165, 1.54) is 0 Å². The summed E-state index contributed by atoms with van der Waals surface area (Å²) in [5.74, 6) is 0. The van der Waals surface area contributed by atoms with Crippen molar-refractivity contribution < 1.29 is 5.11 Å². The van der Waals surface area contributed by atoms with Crippen LogP contribution in [0.1, 0.15) is 18.6 Å². The summed E-state index contributed by atoms with van der Waals surface area (Å²) in [5.41, 5.74) is 3.06. The molecule has 1 atom stereocenters. The third-order valence-corrected chi connectivity index (χ3v) is 2.82. The molecule has 0 spiro atoms. The molecule has 2 heteroatoms. The quantitative estimate of drug-likeness (QED) is 0.828. The molecule has 0 bridgehead atoms. The average Bonchev–Trinajstić information content (AvgIpc) is 2.30. The van der Waals surface area contributed by atoms with Crippen molar-refractivity contribution in [2.75, 3.05) is 0 Å². The first-order chi connectivity index (χ1) is 7.68. The summed E-state index contributed by atoms with van der Waals surface area (Å²) in [5, 5.41) is 10.4. The molecule has 0 saturated heterocycles. The number of benzene rings is 2. The van der Waals surface area contributed by atoms with Gasteiger partial charge in [-0.25, -0.2) is 0 Å². The van der Waals surface area contributed by atoms with Crippen molar-refractivity contribution in [2.45, 2.75) is 13.0 Å². The van der Waals surface area contributed by atoms with Gasteiger partial charge in [-0.3, -0.25) is 0 Å². The zero-order chi connectivity index (χ0) is 11.5. The molecule has 0 aliphatic heterocycles. The largest absolute Gasteiger partial charge is 0.389 e. The molecule has 0 aliphatic carbocycles. The fourth-order valence-corrected chi connectivity index (χ4v) is 1.88. The number of aliphatic hydroxyl groups is 1. The summed E-state index contributed by atoms with van der Waals surface area (Å²) in [6.07, 6.45) is -0.466. The van der Waals surface area contributed by atoms with Crippen LogP contribution in [-0.2, 0) is 0 Å². The lowest BCUT2D eigenvalue weighted by Crippen LogP contribution is -1.94. The van der Waals surface area contributed by atoms with Crippen LogP contribution >= 0.6 is 11.6 Å². The molecular weight excluding hydrogens is 220 g/mol. The normalized spacial score (nSPS) is 12.4. The van der Waals surface area contributed by atoms with E-state index in [1.54, 1.807) is 6.92 Å². The van der Waals surface area contributed by atoms with Crippen LogP contribution in [0.25, 0.3) is 11.1 Å². The van der Waals surface area contributed by atoms with E-state index in [1.807, 2.05) is 48.5 Å². The van der Waals surface area contributed by atoms with Gasteiger partial charge in [0, 0.05) is 5.02 Å². The van der Waals surface area contributed by atoms with Crippen LogP contribution in [0.2, 0.25) is 5.02 Å². The predicted molar refractivity (Wildman–Crippen MR) is 67.5 cm³/mol. The maximum Gasteiger partial charge on any atom is 0.0767 e. The lowest BCUT2D eigenvalue weighted by Gasteiger charge is -2.11. The number of hydrogen-bond acceptors (Lipinski definition) is 1. The summed E-state index contributed by atoms with van der Waals surface area (Å²) in [7, 11) is 0. The summed E-state index contributed by atoms with van der Waals surface area (Å²) < 4.78 is 0. The summed E-state index contributed by atoms with van der Waals surface area (Å²) in [4.78, 5) is 0. The van der Waals surface area contributed by atoms with Gasteiger partial charge in [0.05, 0.1) is 6.10 Å². The fourth-order valence-electron chi connectivity index (χ4n) is 1.75. The van der Waals surface area contributed by atoms with E-state index in [0.29, 0.717) is 0 Å². The lowest BCUT2D eigenvalue weighted by molar-refractivity contribution is 0.200. The molecule has 82 valence electrons. The summed E-state index contributed by atoms with van der Waals surface area (Å²) in [6, 6.07) is 15.5. The monoisotopic (exact) mass is 232 g/mol. The molecule has 0 saturated carbocycles. The minimum atomic E-state index is -0.466. The van der Waals surface area contributed by atoms with Gasteiger partial charge in [-0.2, -0.15) is 0 Å². The second kappa shape index (κ2) is 4.69. The Kier molecular flexibility index (Phi) is 3.28. The Morgan fingerprint density at radius 2 is 1.62 bits per heavy atom. The third-order valence-electron chi connectivity index (χ3n) is 2.57. The van der Waals surface area contributed by atoms with Crippen LogP contribution in [-0.4, -0.2) is 5.11 Å². The maximum atomic E-state index is 9.69. The first-order valence-electron chi connectivity index (χ1n) is 5.21. The van der Waals surface area contributed by atoms with Crippen molar-refractivity contribution >= 4 is 11.6 Å². The molecule has 16 heavy (non-hydrogen) atoms. The number of rotatable bonds is 2. The van der Waals surface area contributed by atoms with Gasteiger partial charge >= 0.3 is 0 Å². The number of aliphatic hydroxyl groups excluding tert-OH is 1. The smallest absolute Gasteiger partial charge is 0.0767 e. The Balaban J connectivity index is 2.51. The number of halogens is 1. The Morgan fingerprint density at radius 3 is 2.25 bits per heavy atom. The van der Waals surface area contributed by atoms with Crippen LogP contribution in [0.5, 0.6) is 0 Å². The van der Waals surface area contributed by atoms with Crippen LogP contribution in [0.4, 0.5) is 0 Å². The average molecular weight is 233 g/mol. The Morgan fingerprint density at radius 1 is 1.00 bits per heavy atom. The summed E-state index contributed by atoms with van der Waals surface area (Å²) in [6.45, 7) is 1.77. The molecule has 2 aromatic rings. The van der Waals surface area contributed by atoms with Crippen LogP contribution in [0.15, 0.2) is 48.5 Å². The molecule has 0 radical (unpaired) electrons. The highest BCUT2D eigenvalue weighted by Gasteiger charge is 2.08. The van der Waals surface area contributed by atoms with Gasteiger partial charge in [0.2, 0.25) is 0 Å². The topological polar surface area (TPSA) is 20.2 Å². The van der Waals surface area contributed by atoms with Crippen molar-refractivity contribution in [1.82, 2.24) is 0 Å². The van der Waals surface area contributed by atoms with Gasteiger partial charge in [0.1, 0.15) is 0 Å². The Hall–Kier alpha value is -1.31. The van der Waals surface area contributed by atoms with E-state index in [2.05, 4.69) is 0 Å². The van der Waals surface area contributed by atoms with E-state index in [9.17, 15) is 5.11 Å². The molecule has 2 rings (SSSR count). The van der Waals surface area contributed by atoms with Crippen molar-refractivity contribution in [3.05, 3.63) is 59.1 Å². The van der Waals surface area contributed by atoms with Crippen molar-refractivity contribution in [3.63, 3.8) is 0 Å². The highest BCUT2D eigenvalue weighted by atomic mass is 35.5. The standard InChI is InChI=1S/C14H13ClO/c1-10(16)13-4-2-3-5-14(13)11-6-8-12(15)9-7-11/h2-10,16H,1H3. The molecule has 0 aliphatic rings. The van der Waals surface area contributed by atoms with E-state index in [0.717, 1.165) is 21.7 Å². The van der Waals surface area contributed by atoms with Gasteiger partial charge in [-0.05, 0) is 35.7 Å². The third kappa shape index (κ3) is 2.26. The van der Waals surface area contributed by atoms with Gasteiger partial charge < -0.3 is 5.11 Å². The van der Waals surface area contributed by atoms with Crippen LogP contribution < -0.4 is 0 Å². The molecule has 0 heterocycles. The number of hydrogen-bond donors (Lipinski definition) is 1. The minimum absolute atomic E-state index is 0.466. The molecular formula is C14H13ClO. The van der Waals surface area contributed by atoms with Crippen LogP contribution in [0, 0.1) is 0 Å². The highest BCUT2D eigenvalue weighted by Crippen LogP contribution is 2.28. The maximum absolute atomic E-state index is 9.69. The zero-order valence-corrected chi connectivity index (χ0v) is 9.78. The molecule has 0 fully saturated rings. The fraction of sp³-hybridized carbons (Fsp3) is 0.143. The Labute approximate surface area is 100 Å². The zero-order valence-electron chi connectivity index (χ0n) is 9.02. The van der Waals surface area contributed by atoms with Gasteiger partial charge in [0.15, 0.2) is 0 Å². The summed E-state index contributed by atoms with van der Waals surface area (Å²) >= 11 is 5.85. The SMILES string of the molecule is CC(O)c1ccccc1-c1ccc(Cl)cc1. The minimum Gasteiger partial charge on any atom is -0.389 e. The second-order valence-electron chi connectivity index (χ2n) is 3.77. The molecule has 1 unspecified atom stereocenters. The van der Waals surface area contributed by atoms with Crippen molar-refractivity contribution in [2.24, 2.45) is 0 Å². The van der Waals surface area contributed by atoms with Crippen molar-refractivity contribution in [3.8, 4) is 11.1 Å². The lowest BCUT2D eigenvalue weighted by atomic mass is 9.97. The Bertz CT molecular complexity index is 474. The predicted octanol–water partition coefficient (Wildman–Crippen LogP) is 4.06. The van der Waals surface area contributed by atoms with E-state index in [-0.39, 0.29) is 0 Å². The van der Waals surface area contributed by atoms with Gasteiger partial charge in [-0.15, -0.1) is 0 Å². The van der Waals surface area contributed by atoms with Crippen molar-refractivity contribution in [1.29, 1.82) is 0 Å². The highest BCUT2D eigenvalue weighted by molar-refractivity contribution is 6.30. The second-order valence-corrected chi connectivity index (χ2v) is 4.21. The van der Waals surface area contributed by atoms with E-state index >= 15 is 0 Å². The molecule has 0 amide bonds. The first kappa shape index (κ1) is 11.2. The van der Waals surface area contributed by atoms with Crippen LogP contribution in [0.3, 0.4) is 0 Å². The molecule has 1 nitrogen and oxygen atoms in total. The van der Waals surface area contributed by atoms with E-state index in [4.69, 9.17) is 11.6 Å². The van der Waals surface area contributed by atoms with Gasteiger partial charge in [0.25, 0.3) is 0 Å².